The van der Waals surface area contributed by atoms with Gasteiger partial charge in [0.2, 0.25) is 10.0 Å². The maximum absolute atomic E-state index is 13.9. The monoisotopic (exact) mass is 398 g/mol. The zero-order valence-corrected chi connectivity index (χ0v) is 15.9. The van der Waals surface area contributed by atoms with Gasteiger partial charge in [0.15, 0.2) is 0 Å². The van der Waals surface area contributed by atoms with E-state index in [-0.39, 0.29) is 11.4 Å². The summed E-state index contributed by atoms with van der Waals surface area (Å²) in [6.45, 7) is 3.37. The molecule has 0 radical (unpaired) electrons. The number of halogens is 2. The van der Waals surface area contributed by atoms with Crippen molar-refractivity contribution in [1.82, 2.24) is 4.31 Å². The summed E-state index contributed by atoms with van der Waals surface area (Å²) in [7, 11) is -3.60. The number of rotatable bonds is 5. The molecule has 0 spiro atoms. The van der Waals surface area contributed by atoms with Crippen molar-refractivity contribution in [2.45, 2.75) is 18.4 Å². The number of hydrogen-bond acceptors (Lipinski definition) is 4. The maximum Gasteiger partial charge on any atom is 0.243 e. The Labute approximate surface area is 157 Å². The van der Waals surface area contributed by atoms with E-state index in [4.69, 9.17) is 16.3 Å². The number of nitrogens with zero attached hydrogens (tertiary/aromatic N) is 1. The molecule has 26 heavy (non-hydrogen) atoms. The van der Waals surface area contributed by atoms with Crippen molar-refractivity contribution in [3.8, 4) is 0 Å². The zero-order chi connectivity index (χ0) is 18.7. The van der Waals surface area contributed by atoms with Crippen LogP contribution in [0.25, 0.3) is 0 Å². The van der Waals surface area contributed by atoms with Gasteiger partial charge >= 0.3 is 0 Å². The summed E-state index contributed by atoms with van der Waals surface area (Å²) in [6, 6.07) is 9.58. The highest BCUT2D eigenvalue weighted by molar-refractivity contribution is 7.89. The summed E-state index contributed by atoms with van der Waals surface area (Å²) in [5, 5.41) is 3.38. The topological polar surface area (TPSA) is 58.6 Å². The SMILES string of the molecule is Cc1ccc(NCc2c(F)cccc2Cl)cc1S(=O)(=O)N1CCOCC1. The van der Waals surface area contributed by atoms with Crippen molar-refractivity contribution in [2.75, 3.05) is 31.6 Å². The number of benzene rings is 2. The number of ether oxygens (including phenoxy) is 1. The first-order valence-corrected chi connectivity index (χ1v) is 10.1. The van der Waals surface area contributed by atoms with Crippen molar-refractivity contribution in [3.05, 3.63) is 58.4 Å². The molecule has 2 aromatic rings. The molecule has 1 aliphatic heterocycles. The van der Waals surface area contributed by atoms with Gasteiger partial charge in [-0.1, -0.05) is 23.7 Å². The van der Waals surface area contributed by atoms with Gasteiger partial charge in [-0.25, -0.2) is 12.8 Å². The molecule has 2 aromatic carbocycles. The first kappa shape index (κ1) is 19.1. The molecular formula is C18H20ClFN2O3S. The molecule has 1 fully saturated rings. The molecule has 0 amide bonds. The van der Waals surface area contributed by atoms with Gasteiger partial charge in [-0.3, -0.25) is 0 Å². The Morgan fingerprint density at radius 3 is 2.65 bits per heavy atom. The molecular weight excluding hydrogens is 379 g/mol. The van der Waals surface area contributed by atoms with Crippen LogP contribution in [-0.4, -0.2) is 39.0 Å². The highest BCUT2D eigenvalue weighted by atomic mass is 35.5. The Bertz CT molecular complexity index is 879. The van der Waals surface area contributed by atoms with Crippen LogP contribution in [0.1, 0.15) is 11.1 Å². The van der Waals surface area contributed by atoms with Gasteiger partial charge < -0.3 is 10.1 Å². The summed E-state index contributed by atoms with van der Waals surface area (Å²) in [6.07, 6.45) is 0. The molecule has 0 unspecified atom stereocenters. The fourth-order valence-electron chi connectivity index (χ4n) is 2.81. The highest BCUT2D eigenvalue weighted by Crippen LogP contribution is 2.26. The summed E-state index contributed by atoms with van der Waals surface area (Å²) >= 11 is 6.03. The van der Waals surface area contributed by atoms with E-state index in [1.165, 1.54) is 10.4 Å². The van der Waals surface area contributed by atoms with Gasteiger partial charge in [0.1, 0.15) is 5.82 Å². The summed E-state index contributed by atoms with van der Waals surface area (Å²) in [5.41, 5.74) is 1.58. The van der Waals surface area contributed by atoms with Crippen molar-refractivity contribution in [1.29, 1.82) is 0 Å². The molecule has 0 aromatic heterocycles. The molecule has 1 aliphatic rings. The third kappa shape index (κ3) is 4.01. The Morgan fingerprint density at radius 2 is 1.96 bits per heavy atom. The Balaban J connectivity index is 1.83. The van der Waals surface area contributed by atoms with E-state index in [1.807, 2.05) is 0 Å². The highest BCUT2D eigenvalue weighted by Gasteiger charge is 2.27. The molecule has 0 bridgehead atoms. The number of anilines is 1. The molecule has 0 atom stereocenters. The Morgan fingerprint density at radius 1 is 1.23 bits per heavy atom. The van der Waals surface area contributed by atoms with Gasteiger partial charge in [-0.2, -0.15) is 4.31 Å². The average Bonchev–Trinajstić information content (AvgIpc) is 2.63. The molecule has 5 nitrogen and oxygen atoms in total. The second-order valence-corrected chi connectivity index (χ2v) is 8.36. The minimum Gasteiger partial charge on any atom is -0.381 e. The van der Waals surface area contributed by atoms with E-state index in [0.29, 0.717) is 48.1 Å². The van der Waals surface area contributed by atoms with Crippen molar-refractivity contribution in [3.63, 3.8) is 0 Å². The van der Waals surface area contributed by atoms with E-state index < -0.39 is 15.8 Å². The molecule has 1 N–H and O–H groups in total. The third-order valence-corrected chi connectivity index (χ3v) is 6.70. The van der Waals surface area contributed by atoms with Crippen LogP contribution in [0.3, 0.4) is 0 Å². The molecule has 1 saturated heterocycles. The summed E-state index contributed by atoms with van der Waals surface area (Å²) < 4.78 is 46.4. The van der Waals surface area contributed by atoms with E-state index in [1.54, 1.807) is 37.3 Å². The number of sulfonamides is 1. The largest absolute Gasteiger partial charge is 0.381 e. The van der Waals surface area contributed by atoms with Crippen LogP contribution >= 0.6 is 11.6 Å². The lowest BCUT2D eigenvalue weighted by Gasteiger charge is -2.27. The molecule has 3 rings (SSSR count). The van der Waals surface area contributed by atoms with E-state index >= 15 is 0 Å². The molecule has 8 heteroatoms. The predicted octanol–water partition coefficient (Wildman–Crippen LogP) is 3.42. The van der Waals surface area contributed by atoms with Gasteiger partial charge in [-0.15, -0.1) is 0 Å². The Kier molecular flexibility index (Phi) is 5.82. The van der Waals surface area contributed by atoms with Crippen molar-refractivity contribution < 1.29 is 17.5 Å². The van der Waals surface area contributed by atoms with Crippen LogP contribution in [0.2, 0.25) is 5.02 Å². The Hall–Kier alpha value is -1.67. The zero-order valence-electron chi connectivity index (χ0n) is 14.3. The molecule has 140 valence electrons. The molecule has 0 aliphatic carbocycles. The minimum absolute atomic E-state index is 0.158. The molecule has 0 saturated carbocycles. The summed E-state index contributed by atoms with van der Waals surface area (Å²) in [5.74, 6) is -0.404. The minimum atomic E-state index is -3.60. The quantitative estimate of drug-likeness (QED) is 0.838. The third-order valence-electron chi connectivity index (χ3n) is 4.31. The van der Waals surface area contributed by atoms with Crippen LogP contribution < -0.4 is 5.32 Å². The van der Waals surface area contributed by atoms with E-state index in [0.717, 1.165) is 0 Å². The van der Waals surface area contributed by atoms with Crippen LogP contribution in [0.15, 0.2) is 41.3 Å². The van der Waals surface area contributed by atoms with Crippen molar-refractivity contribution >= 4 is 27.3 Å². The summed E-state index contributed by atoms with van der Waals surface area (Å²) in [4.78, 5) is 0.240. The fourth-order valence-corrected chi connectivity index (χ4v) is 4.69. The first-order valence-electron chi connectivity index (χ1n) is 8.25. The lowest BCUT2D eigenvalue weighted by atomic mass is 10.2. The number of morpholine rings is 1. The van der Waals surface area contributed by atoms with Crippen LogP contribution in [-0.2, 0) is 21.3 Å². The standard InChI is InChI=1S/C18H20ClFN2O3S/c1-13-5-6-14(21-12-15-16(19)3-2-4-17(15)20)11-18(13)26(23,24)22-7-9-25-10-8-22/h2-6,11,21H,7-10,12H2,1H3. The van der Waals surface area contributed by atoms with E-state index in [2.05, 4.69) is 5.32 Å². The lowest BCUT2D eigenvalue weighted by Crippen LogP contribution is -2.40. The fraction of sp³-hybridized carbons (Fsp3) is 0.333. The van der Waals surface area contributed by atoms with E-state index in [9.17, 15) is 12.8 Å². The number of hydrogen-bond donors (Lipinski definition) is 1. The van der Waals surface area contributed by atoms with Crippen LogP contribution in [0, 0.1) is 12.7 Å². The number of nitrogens with one attached hydrogen (secondary N) is 1. The van der Waals surface area contributed by atoms with Gasteiger partial charge in [-0.05, 0) is 36.8 Å². The van der Waals surface area contributed by atoms with Crippen LogP contribution in [0.5, 0.6) is 0 Å². The van der Waals surface area contributed by atoms with Gasteiger partial charge in [0, 0.05) is 35.9 Å². The second kappa shape index (κ2) is 7.92. The normalized spacial score (nSPS) is 15.8. The average molecular weight is 399 g/mol. The smallest absolute Gasteiger partial charge is 0.243 e. The van der Waals surface area contributed by atoms with Crippen molar-refractivity contribution in [2.24, 2.45) is 0 Å². The maximum atomic E-state index is 13.9. The predicted molar refractivity (Wildman–Crippen MR) is 99.5 cm³/mol. The van der Waals surface area contributed by atoms with Gasteiger partial charge in [0.05, 0.1) is 18.1 Å². The molecule has 1 heterocycles. The van der Waals surface area contributed by atoms with Crippen LogP contribution in [0.4, 0.5) is 10.1 Å². The lowest BCUT2D eigenvalue weighted by molar-refractivity contribution is 0.0730. The number of aryl methyl sites for hydroxylation is 1. The first-order chi connectivity index (χ1) is 12.4. The van der Waals surface area contributed by atoms with Gasteiger partial charge in [0.25, 0.3) is 0 Å². The second-order valence-electron chi connectivity index (χ2n) is 6.05.